The van der Waals surface area contributed by atoms with Gasteiger partial charge in [0.05, 0.1) is 0 Å². The first-order chi connectivity index (χ1) is 8.16. The number of rotatable bonds is 0. The third-order valence-corrected chi connectivity index (χ3v) is 4.79. The number of hydrogen-bond acceptors (Lipinski definition) is 2. The van der Waals surface area contributed by atoms with Crippen molar-refractivity contribution >= 4 is 0 Å². The monoisotopic (exact) mass is 252 g/mol. The van der Waals surface area contributed by atoms with Gasteiger partial charge in [-0.1, -0.05) is 0 Å². The Balaban J connectivity index is 2.12. The van der Waals surface area contributed by atoms with Gasteiger partial charge in [0.2, 0.25) is 0 Å². The normalized spacial score (nSPS) is 32.3. The van der Waals surface area contributed by atoms with E-state index in [0.29, 0.717) is 11.1 Å². The number of nitrogens with zero attached hydrogens (tertiary/aromatic N) is 2. The van der Waals surface area contributed by atoms with Crippen LogP contribution in [0.1, 0.15) is 54.4 Å². The predicted octanol–water partition coefficient (Wildman–Crippen LogP) is 3.23. The van der Waals surface area contributed by atoms with Gasteiger partial charge in [-0.15, -0.1) is 0 Å². The molecule has 0 N–H and O–H groups in total. The molecule has 2 rings (SSSR count). The van der Waals surface area contributed by atoms with Gasteiger partial charge >= 0.3 is 0 Å². The Morgan fingerprint density at radius 3 is 1.11 bits per heavy atom. The summed E-state index contributed by atoms with van der Waals surface area (Å²) in [6, 6.07) is 0. The van der Waals surface area contributed by atoms with Gasteiger partial charge in [0, 0.05) is 37.3 Å². The van der Waals surface area contributed by atoms with Crippen LogP contribution < -0.4 is 0 Å². The van der Waals surface area contributed by atoms with Crippen LogP contribution in [0.15, 0.2) is 0 Å². The predicted molar refractivity (Wildman–Crippen MR) is 78.9 cm³/mol. The number of fused-ring (bicyclic) bond motifs is 3. The van der Waals surface area contributed by atoms with Crippen LogP contribution in [0.5, 0.6) is 0 Å². The van der Waals surface area contributed by atoms with Gasteiger partial charge in [-0.05, 0) is 66.2 Å². The second-order valence-corrected chi connectivity index (χ2v) is 8.46. The molecule has 0 aromatic rings. The molecular formula is C16H32N2. The highest BCUT2D eigenvalue weighted by atomic mass is 15.2. The maximum atomic E-state index is 2.73. The lowest BCUT2D eigenvalue weighted by atomic mass is 9.97. The van der Waals surface area contributed by atoms with Crippen molar-refractivity contribution in [2.45, 2.75) is 65.5 Å². The van der Waals surface area contributed by atoms with Crippen LogP contribution in [0, 0.1) is 11.8 Å². The minimum absolute atomic E-state index is 0.338. The van der Waals surface area contributed by atoms with E-state index in [2.05, 4.69) is 51.3 Å². The zero-order valence-corrected chi connectivity index (χ0v) is 13.3. The lowest BCUT2D eigenvalue weighted by Gasteiger charge is -2.45. The lowest BCUT2D eigenvalue weighted by Crippen LogP contribution is -2.53. The fourth-order valence-corrected chi connectivity index (χ4v) is 3.44. The summed E-state index contributed by atoms with van der Waals surface area (Å²) in [6.45, 7) is 19.4. The molecule has 2 heteroatoms. The molecule has 2 nitrogen and oxygen atoms in total. The first-order valence-corrected chi connectivity index (χ1v) is 7.66. The molecule has 0 aromatic heterocycles. The quantitative estimate of drug-likeness (QED) is 0.653. The van der Waals surface area contributed by atoms with Crippen molar-refractivity contribution in [3.05, 3.63) is 0 Å². The average molecular weight is 252 g/mol. The fourth-order valence-electron chi connectivity index (χ4n) is 3.44. The smallest absolute Gasteiger partial charge is 0.0125 e. The van der Waals surface area contributed by atoms with Gasteiger partial charge in [0.1, 0.15) is 0 Å². The number of hydrogen-bond donors (Lipinski definition) is 0. The van der Waals surface area contributed by atoms with Crippen molar-refractivity contribution in [3.8, 4) is 0 Å². The summed E-state index contributed by atoms with van der Waals surface area (Å²) in [7, 11) is 0. The Morgan fingerprint density at radius 2 is 0.889 bits per heavy atom. The lowest BCUT2D eigenvalue weighted by molar-refractivity contribution is 0.0359. The molecule has 0 aliphatic carbocycles. The molecule has 0 unspecified atom stereocenters. The molecule has 2 fully saturated rings. The minimum atomic E-state index is 0.338. The zero-order valence-electron chi connectivity index (χ0n) is 13.3. The van der Waals surface area contributed by atoms with Crippen molar-refractivity contribution in [2.24, 2.45) is 11.8 Å². The van der Waals surface area contributed by atoms with Crippen molar-refractivity contribution < 1.29 is 0 Å². The SMILES string of the molecule is CC(C)(C)N1CC2CCC(C1)CN(C(C)(C)C)C2. The average Bonchev–Trinajstić information content (AvgIpc) is 2.44. The second kappa shape index (κ2) is 4.79. The van der Waals surface area contributed by atoms with Crippen molar-refractivity contribution in [1.82, 2.24) is 9.80 Å². The number of likely N-dealkylation sites (tertiary alicyclic amines) is 2. The molecule has 0 saturated carbocycles. The second-order valence-electron chi connectivity index (χ2n) is 8.46. The van der Waals surface area contributed by atoms with Crippen LogP contribution in [0.4, 0.5) is 0 Å². The Labute approximate surface area is 114 Å². The Morgan fingerprint density at radius 1 is 0.611 bits per heavy atom. The first-order valence-electron chi connectivity index (χ1n) is 7.66. The van der Waals surface area contributed by atoms with Crippen molar-refractivity contribution in [3.63, 3.8) is 0 Å². The van der Waals surface area contributed by atoms with Gasteiger partial charge in [0.15, 0.2) is 0 Å². The zero-order chi connectivity index (χ0) is 13.6. The molecule has 106 valence electrons. The van der Waals surface area contributed by atoms with Gasteiger partial charge in [0.25, 0.3) is 0 Å². The summed E-state index contributed by atoms with van der Waals surface area (Å²) >= 11 is 0. The molecule has 2 aliphatic rings. The summed E-state index contributed by atoms with van der Waals surface area (Å²) < 4.78 is 0. The van der Waals surface area contributed by atoms with Crippen LogP contribution in [0.2, 0.25) is 0 Å². The largest absolute Gasteiger partial charge is 0.298 e. The van der Waals surface area contributed by atoms with Gasteiger partial charge in [-0.25, -0.2) is 0 Å². The Bertz CT molecular complexity index is 242. The van der Waals surface area contributed by atoms with E-state index in [1.165, 1.54) is 39.0 Å². The molecule has 0 spiro atoms. The van der Waals surface area contributed by atoms with Crippen molar-refractivity contribution in [2.75, 3.05) is 26.2 Å². The van der Waals surface area contributed by atoms with Crippen LogP contribution in [-0.4, -0.2) is 47.1 Å². The standard InChI is InChI=1S/C16H32N2/c1-15(2,3)17-9-13-7-8-14(10-17)12-18(11-13)16(4,5)6/h13-14H,7-12H2,1-6H3. The Hall–Kier alpha value is -0.0800. The van der Waals surface area contributed by atoms with Crippen LogP contribution in [0.3, 0.4) is 0 Å². The summed E-state index contributed by atoms with van der Waals surface area (Å²) in [4.78, 5) is 5.46. The van der Waals surface area contributed by atoms with E-state index in [1.54, 1.807) is 0 Å². The molecule has 0 radical (unpaired) electrons. The third-order valence-electron chi connectivity index (χ3n) is 4.79. The van der Waals surface area contributed by atoms with E-state index in [-0.39, 0.29) is 0 Å². The van der Waals surface area contributed by atoms with Crippen LogP contribution >= 0.6 is 0 Å². The fraction of sp³-hybridized carbons (Fsp3) is 1.00. The summed E-state index contributed by atoms with van der Waals surface area (Å²) in [6.07, 6.45) is 2.87. The molecule has 0 aromatic carbocycles. The molecule has 2 bridgehead atoms. The van der Waals surface area contributed by atoms with E-state index in [1.807, 2.05) is 0 Å². The maximum absolute atomic E-state index is 2.73. The minimum Gasteiger partial charge on any atom is -0.298 e. The summed E-state index contributed by atoms with van der Waals surface area (Å²) in [5, 5.41) is 0. The van der Waals surface area contributed by atoms with Crippen LogP contribution in [-0.2, 0) is 0 Å². The van der Waals surface area contributed by atoms with Gasteiger partial charge in [-0.3, -0.25) is 9.80 Å². The summed E-state index contributed by atoms with van der Waals surface area (Å²) in [5.41, 5.74) is 0.676. The van der Waals surface area contributed by atoms with E-state index in [9.17, 15) is 0 Å². The van der Waals surface area contributed by atoms with E-state index in [4.69, 9.17) is 0 Å². The molecule has 2 aliphatic heterocycles. The van der Waals surface area contributed by atoms with Crippen LogP contribution in [0.25, 0.3) is 0 Å². The topological polar surface area (TPSA) is 6.48 Å². The molecule has 0 amide bonds. The van der Waals surface area contributed by atoms with E-state index in [0.717, 1.165) is 11.8 Å². The van der Waals surface area contributed by atoms with E-state index < -0.39 is 0 Å². The highest BCUT2D eigenvalue weighted by Gasteiger charge is 2.37. The molecular weight excluding hydrogens is 220 g/mol. The molecule has 2 heterocycles. The Kier molecular flexibility index (Phi) is 3.81. The van der Waals surface area contributed by atoms with Gasteiger partial charge < -0.3 is 0 Å². The van der Waals surface area contributed by atoms with Crippen molar-refractivity contribution in [1.29, 1.82) is 0 Å². The van der Waals surface area contributed by atoms with Gasteiger partial charge in [-0.2, -0.15) is 0 Å². The molecule has 18 heavy (non-hydrogen) atoms. The highest BCUT2D eigenvalue weighted by Crippen LogP contribution is 2.33. The van der Waals surface area contributed by atoms with E-state index >= 15 is 0 Å². The molecule has 0 atom stereocenters. The summed E-state index contributed by atoms with van der Waals surface area (Å²) in [5.74, 6) is 1.74. The maximum Gasteiger partial charge on any atom is 0.0125 e. The molecule has 2 saturated heterocycles. The third kappa shape index (κ3) is 3.27. The highest BCUT2D eigenvalue weighted by molar-refractivity contribution is 4.92. The first kappa shape index (κ1) is 14.3.